The van der Waals surface area contributed by atoms with Gasteiger partial charge in [0.1, 0.15) is 0 Å². The Labute approximate surface area is 449 Å². The zero-order valence-corrected chi connectivity index (χ0v) is 42.6. The molecule has 4 aromatic heterocycles. The number of hydrogen-bond donors (Lipinski definition) is 0. The number of fused-ring (bicyclic) bond motifs is 7. The number of aryl methyl sites for hydroxylation is 2. The molecule has 0 bridgehead atoms. The molecule has 13 aromatic rings. The Morgan fingerprint density at radius 2 is 1.11 bits per heavy atom. The van der Waals surface area contributed by atoms with Crippen LogP contribution < -0.4 is 4.74 Å². The van der Waals surface area contributed by atoms with Gasteiger partial charge in [0.05, 0.1) is 0 Å². The van der Waals surface area contributed by atoms with Crippen LogP contribution in [-0.2, 0) is 24.8 Å². The molecular formula is C66H49N5OPt-2. The van der Waals surface area contributed by atoms with Crippen molar-refractivity contribution in [2.45, 2.75) is 40.0 Å². The number of benzene rings is 9. The molecule has 0 aliphatic carbocycles. The van der Waals surface area contributed by atoms with Crippen LogP contribution in [0.25, 0.3) is 99.8 Å². The Bertz CT molecular complexity index is 4800. The van der Waals surface area contributed by atoms with Crippen molar-refractivity contribution in [3.8, 4) is 56.6 Å². The first-order valence-electron chi connectivity index (χ1n) is 28.9. The van der Waals surface area contributed by atoms with Crippen molar-refractivity contribution < 1.29 is 37.8 Å². The number of pyridine rings is 1. The van der Waals surface area contributed by atoms with Gasteiger partial charge in [0.15, 0.2) is 0 Å². The molecule has 9 aromatic carbocycles. The number of para-hydroxylation sites is 3. The first-order valence-corrected chi connectivity index (χ1v) is 25.0. The van der Waals surface area contributed by atoms with Gasteiger partial charge in [-0.3, -0.25) is 0 Å². The van der Waals surface area contributed by atoms with Crippen LogP contribution in [0.2, 0.25) is 0 Å². The Morgan fingerprint density at radius 1 is 0.521 bits per heavy atom. The van der Waals surface area contributed by atoms with E-state index in [4.69, 9.17) is 17.9 Å². The fraction of sp³-hybridized carbons (Fsp3) is 0.0909. The molecule has 0 unspecified atom stereocenters. The standard InChI is InChI=1S/C66H49N5O.Pt/c1-43-27-31-59-56(35-43)57-36-44(2)28-32-60(57)70(59)49-39-54(45-17-8-6-9-18-45)65(55(40-49)46-19-10-7-11-20-46)69-42-68(61-25-14-15-26-62(61)69)48-21-16-22-50(38-48)72-51-29-30-53-52-23-12-13-24-58(52)71(63(53)41-51)64-37-47(33-34-67-64)66(3,4)5;/h6-37,39-40H,1-5H3;/q-2;/i6D,7D,8D,9D,10D,11D,17D,18D,19D,20D;. The Morgan fingerprint density at radius 3 is 1.75 bits per heavy atom. The number of nitrogens with zero attached hydrogens (tertiary/aromatic N) is 5. The maximum atomic E-state index is 9.59. The molecule has 0 aliphatic heterocycles. The second-order valence-electron chi connectivity index (χ2n) is 19.3. The fourth-order valence-electron chi connectivity index (χ4n) is 10.1. The van der Waals surface area contributed by atoms with Crippen molar-refractivity contribution in [2.24, 2.45) is 0 Å². The van der Waals surface area contributed by atoms with Crippen LogP contribution in [0, 0.1) is 29.8 Å². The molecule has 7 heteroatoms. The zero-order valence-electron chi connectivity index (χ0n) is 50.3. The molecule has 0 aliphatic rings. The molecule has 0 saturated heterocycles. The molecule has 0 spiro atoms. The molecule has 0 atom stereocenters. The van der Waals surface area contributed by atoms with Crippen LogP contribution in [0.15, 0.2) is 206 Å². The van der Waals surface area contributed by atoms with Crippen molar-refractivity contribution in [2.75, 3.05) is 0 Å². The third kappa shape index (κ3) is 7.59. The number of ether oxygens (including phenoxy) is 1. The minimum absolute atomic E-state index is 0.117. The van der Waals surface area contributed by atoms with E-state index in [2.05, 4.69) is 87.2 Å². The van der Waals surface area contributed by atoms with Crippen molar-refractivity contribution in [1.82, 2.24) is 23.3 Å². The molecule has 4 heterocycles. The fourth-order valence-corrected chi connectivity index (χ4v) is 11.2. The molecule has 0 N–H and O–H groups in total. The van der Waals surface area contributed by atoms with E-state index in [0.717, 1.165) is 66.1 Å². The third-order valence-corrected chi connectivity index (χ3v) is 14.5. The number of hydrogen-bond acceptors (Lipinski definition) is 2. The predicted molar refractivity (Wildman–Crippen MR) is 296 cm³/mol. The van der Waals surface area contributed by atoms with Gasteiger partial charge in [-0.25, -0.2) is 0 Å². The molecule has 0 saturated carbocycles. The van der Waals surface area contributed by atoms with Gasteiger partial charge in [-0.15, -0.1) is 0 Å². The van der Waals surface area contributed by atoms with Crippen LogP contribution in [0.5, 0.6) is 11.5 Å². The van der Waals surface area contributed by atoms with Gasteiger partial charge in [-0.2, -0.15) is 0 Å². The van der Waals surface area contributed by atoms with Gasteiger partial charge < -0.3 is 0 Å². The average molecular weight is 1130 g/mol. The molecule has 73 heavy (non-hydrogen) atoms. The van der Waals surface area contributed by atoms with Crippen LogP contribution in [0.4, 0.5) is 0 Å². The SMILES string of the molecule is [2H]c1c([2H])c([2H])c(-c2cc(-n3c4ccc(C)cc4c4cc(C)ccc43)cc(-c3c([2H])c([2H])c([2H])c([2H])c3[2H])c2-n2[c](=[Pt])n(-c3[c-]c(Oc4[c-]c5c(cc4)c4ccccc4n5-c4cc(C(C)(C)C)ccn4)ccc3)c3ccccc32)c([2H])c1[2H]. The van der Waals surface area contributed by atoms with Gasteiger partial charge in [-0.1, -0.05) is 32.9 Å². The van der Waals surface area contributed by atoms with E-state index in [1.807, 2.05) is 125 Å². The normalized spacial score (nSPS) is 13.9. The Kier molecular flexibility index (Phi) is 8.36. The van der Waals surface area contributed by atoms with Crippen LogP contribution in [0.3, 0.4) is 0 Å². The Hall–Kier alpha value is -8.31. The monoisotopic (exact) mass is 1130 g/mol. The van der Waals surface area contributed by atoms with Gasteiger partial charge in [0.25, 0.3) is 0 Å². The van der Waals surface area contributed by atoms with Crippen LogP contribution in [-0.4, -0.2) is 23.3 Å². The summed E-state index contributed by atoms with van der Waals surface area (Å²) in [5, 5.41) is 3.90. The zero-order chi connectivity index (χ0) is 58.2. The summed E-state index contributed by atoms with van der Waals surface area (Å²) in [5.74, 6) is 1.56. The summed E-state index contributed by atoms with van der Waals surface area (Å²) in [6, 6.07) is 46.8. The van der Waals surface area contributed by atoms with Crippen molar-refractivity contribution >= 4 is 54.6 Å². The van der Waals surface area contributed by atoms with E-state index in [-0.39, 0.29) is 33.4 Å². The average Bonchev–Trinajstić information content (AvgIpc) is 2.63. The summed E-state index contributed by atoms with van der Waals surface area (Å²) in [5.41, 5.74) is 8.83. The molecule has 13 rings (SSSR count). The third-order valence-electron chi connectivity index (χ3n) is 13.5. The van der Waals surface area contributed by atoms with E-state index >= 15 is 0 Å². The molecule has 0 amide bonds. The predicted octanol–water partition coefficient (Wildman–Crippen LogP) is 16.7. The van der Waals surface area contributed by atoms with Gasteiger partial charge in [-0.05, 0) is 17.0 Å². The summed E-state index contributed by atoms with van der Waals surface area (Å²) in [6.07, 6.45) is 1.84. The van der Waals surface area contributed by atoms with Gasteiger partial charge in [0.2, 0.25) is 0 Å². The van der Waals surface area contributed by atoms with Crippen molar-refractivity contribution in [3.05, 3.63) is 239 Å². The van der Waals surface area contributed by atoms with E-state index in [9.17, 15) is 5.48 Å². The summed E-state index contributed by atoms with van der Waals surface area (Å²) in [7, 11) is 0. The van der Waals surface area contributed by atoms with Crippen LogP contribution >= 0.6 is 0 Å². The van der Waals surface area contributed by atoms with E-state index < -0.39 is 60.4 Å². The quantitative estimate of drug-likeness (QED) is 0.142. The topological polar surface area (TPSA) is 41.8 Å². The second kappa shape index (κ2) is 17.5. The van der Waals surface area contributed by atoms with E-state index in [0.29, 0.717) is 37.7 Å². The summed E-state index contributed by atoms with van der Waals surface area (Å²) in [6.45, 7) is 10.6. The first kappa shape index (κ1) is 34.9. The van der Waals surface area contributed by atoms with E-state index in [1.165, 1.54) is 0 Å². The van der Waals surface area contributed by atoms with Crippen LogP contribution in [0.1, 0.15) is 51.2 Å². The maximum absolute atomic E-state index is 9.59. The molecule has 356 valence electrons. The second-order valence-corrected chi connectivity index (χ2v) is 20.3. The molecule has 0 radical (unpaired) electrons. The number of imidazole rings is 1. The molecule has 6 nitrogen and oxygen atoms in total. The van der Waals surface area contributed by atoms with E-state index in [1.54, 1.807) is 18.2 Å². The molecule has 0 fully saturated rings. The summed E-state index contributed by atoms with van der Waals surface area (Å²) < 4.78 is 107. The Balaban J connectivity index is 1.07. The minimum atomic E-state index is -0.583. The van der Waals surface area contributed by atoms with Gasteiger partial charge >= 0.3 is 395 Å². The number of aromatic nitrogens is 5. The van der Waals surface area contributed by atoms with Crippen molar-refractivity contribution in [3.63, 3.8) is 0 Å². The summed E-state index contributed by atoms with van der Waals surface area (Å²) in [4.78, 5) is 4.84. The molecular weight excluding hydrogens is 1070 g/mol. The van der Waals surface area contributed by atoms with Gasteiger partial charge in [0, 0.05) is 6.20 Å². The first-order chi connectivity index (χ1) is 39.7. The van der Waals surface area contributed by atoms with Crippen molar-refractivity contribution in [1.29, 1.82) is 0 Å². The summed E-state index contributed by atoms with van der Waals surface area (Å²) >= 11 is 2.19. The number of rotatable bonds is 8.